The lowest BCUT2D eigenvalue weighted by atomic mass is 9.87. The van der Waals surface area contributed by atoms with E-state index in [0.29, 0.717) is 19.1 Å². The topological polar surface area (TPSA) is 50.8 Å². The molecule has 1 amide bonds. The average molecular weight is 405 g/mol. The Morgan fingerprint density at radius 1 is 1.10 bits per heavy atom. The maximum absolute atomic E-state index is 12.3. The number of ether oxygens (including phenoxy) is 2. The first-order chi connectivity index (χ1) is 14.0. The average Bonchev–Trinajstić information content (AvgIpc) is 2.71. The fraction of sp³-hybridized carbons (Fsp3) is 0.708. The fourth-order valence-electron chi connectivity index (χ4n) is 3.84. The molecular formula is C24H40N2O3. The van der Waals surface area contributed by atoms with Crippen LogP contribution in [0.25, 0.3) is 0 Å². The second-order valence-electron chi connectivity index (χ2n) is 8.72. The van der Waals surface area contributed by atoms with Gasteiger partial charge in [0.05, 0.1) is 13.7 Å². The molecule has 1 saturated carbocycles. The molecule has 1 aliphatic carbocycles. The minimum absolute atomic E-state index is 0.154. The highest BCUT2D eigenvalue weighted by molar-refractivity contribution is 5.76. The predicted molar refractivity (Wildman–Crippen MR) is 119 cm³/mol. The van der Waals surface area contributed by atoms with Gasteiger partial charge in [0, 0.05) is 12.5 Å². The van der Waals surface area contributed by atoms with Gasteiger partial charge in [0.25, 0.3) is 0 Å². The summed E-state index contributed by atoms with van der Waals surface area (Å²) in [6.07, 6.45) is 9.29. The number of methoxy groups -OCH3 is 1. The lowest BCUT2D eigenvalue weighted by Crippen LogP contribution is -2.37. The van der Waals surface area contributed by atoms with Gasteiger partial charge in [0.2, 0.25) is 5.91 Å². The van der Waals surface area contributed by atoms with E-state index < -0.39 is 0 Å². The van der Waals surface area contributed by atoms with Crippen LogP contribution in [0.3, 0.4) is 0 Å². The third-order valence-electron chi connectivity index (χ3n) is 5.76. The van der Waals surface area contributed by atoms with Gasteiger partial charge >= 0.3 is 0 Å². The molecule has 0 heterocycles. The largest absolute Gasteiger partial charge is 0.493 e. The number of hydrogen-bond acceptors (Lipinski definition) is 4. The molecule has 5 heteroatoms. The molecule has 29 heavy (non-hydrogen) atoms. The van der Waals surface area contributed by atoms with Crippen molar-refractivity contribution in [3.8, 4) is 11.5 Å². The van der Waals surface area contributed by atoms with Gasteiger partial charge in [-0.25, -0.2) is 0 Å². The number of amides is 1. The Hall–Kier alpha value is -1.75. The van der Waals surface area contributed by atoms with Crippen molar-refractivity contribution in [1.82, 2.24) is 10.2 Å². The Morgan fingerprint density at radius 3 is 2.55 bits per heavy atom. The third kappa shape index (κ3) is 9.07. The molecule has 0 aromatic heterocycles. The molecule has 0 bridgehead atoms. The molecule has 1 aromatic carbocycles. The number of carbonyl (C=O) groups is 1. The first-order valence-electron chi connectivity index (χ1n) is 11.2. The number of benzene rings is 1. The summed E-state index contributed by atoms with van der Waals surface area (Å²) >= 11 is 0. The summed E-state index contributed by atoms with van der Waals surface area (Å²) in [6, 6.07) is 6.37. The molecule has 1 N–H and O–H groups in total. The van der Waals surface area contributed by atoms with E-state index in [1.165, 1.54) is 19.3 Å². The second kappa shape index (κ2) is 12.7. The monoisotopic (exact) mass is 404 g/mol. The fourth-order valence-corrected chi connectivity index (χ4v) is 3.84. The molecule has 0 atom stereocenters. The van der Waals surface area contributed by atoms with Crippen molar-refractivity contribution in [1.29, 1.82) is 0 Å². The van der Waals surface area contributed by atoms with Gasteiger partial charge in [-0.15, -0.1) is 0 Å². The molecule has 1 aromatic rings. The summed E-state index contributed by atoms with van der Waals surface area (Å²) in [4.78, 5) is 14.5. The predicted octanol–water partition coefficient (Wildman–Crippen LogP) is 4.43. The molecule has 0 spiro atoms. The molecule has 1 aliphatic rings. The van der Waals surface area contributed by atoms with Crippen LogP contribution in [0.2, 0.25) is 0 Å². The van der Waals surface area contributed by atoms with Crippen LogP contribution in [0.4, 0.5) is 0 Å². The standard InChI is InChI=1S/C24H40N2O3/c1-19-8-12-21(13-9-19)25-24(27)15-11-20-10-14-22(23(18-20)28-4)29-17-7-5-6-16-26(2)3/h10,14,18-19,21H,5-9,11-13,15-17H2,1-4H3,(H,25,27)/t19-,21-. The van der Waals surface area contributed by atoms with E-state index in [9.17, 15) is 4.79 Å². The molecule has 0 saturated heterocycles. The number of rotatable bonds is 12. The third-order valence-corrected chi connectivity index (χ3v) is 5.76. The first-order valence-corrected chi connectivity index (χ1v) is 11.2. The van der Waals surface area contributed by atoms with Crippen molar-refractivity contribution in [2.75, 3.05) is 34.4 Å². The zero-order chi connectivity index (χ0) is 21.1. The molecule has 0 unspecified atom stereocenters. The van der Waals surface area contributed by atoms with Crippen molar-refractivity contribution >= 4 is 5.91 Å². The van der Waals surface area contributed by atoms with E-state index in [1.807, 2.05) is 18.2 Å². The Labute approximate surface area is 177 Å². The number of aryl methyl sites for hydroxylation is 1. The van der Waals surface area contributed by atoms with Gasteiger partial charge in [-0.2, -0.15) is 0 Å². The van der Waals surface area contributed by atoms with Crippen LogP contribution >= 0.6 is 0 Å². The van der Waals surface area contributed by atoms with E-state index in [-0.39, 0.29) is 5.91 Å². The van der Waals surface area contributed by atoms with Crippen LogP contribution < -0.4 is 14.8 Å². The Balaban J connectivity index is 1.72. The summed E-state index contributed by atoms with van der Waals surface area (Å²) in [6.45, 7) is 4.11. The SMILES string of the molecule is COc1cc(CCC(=O)N[C@H]2CC[C@H](C)CC2)ccc1OCCCCCN(C)C. The minimum Gasteiger partial charge on any atom is -0.493 e. The van der Waals surface area contributed by atoms with Crippen LogP contribution in [0.1, 0.15) is 63.9 Å². The smallest absolute Gasteiger partial charge is 0.220 e. The number of hydrogen-bond donors (Lipinski definition) is 1. The molecule has 5 nitrogen and oxygen atoms in total. The van der Waals surface area contributed by atoms with Gasteiger partial charge in [-0.3, -0.25) is 4.79 Å². The number of unbranched alkanes of at least 4 members (excludes halogenated alkanes) is 2. The van der Waals surface area contributed by atoms with Gasteiger partial charge in [0.15, 0.2) is 11.5 Å². The highest BCUT2D eigenvalue weighted by atomic mass is 16.5. The zero-order valence-electron chi connectivity index (χ0n) is 18.8. The van der Waals surface area contributed by atoms with Crippen molar-refractivity contribution in [3.05, 3.63) is 23.8 Å². The Kier molecular flexibility index (Phi) is 10.3. The van der Waals surface area contributed by atoms with E-state index in [4.69, 9.17) is 9.47 Å². The van der Waals surface area contributed by atoms with Crippen LogP contribution in [-0.4, -0.2) is 51.2 Å². The minimum atomic E-state index is 0.154. The van der Waals surface area contributed by atoms with Crippen molar-refractivity contribution in [2.24, 2.45) is 5.92 Å². The lowest BCUT2D eigenvalue weighted by Gasteiger charge is -2.26. The summed E-state index contributed by atoms with van der Waals surface area (Å²) in [5.41, 5.74) is 1.10. The first kappa shape index (κ1) is 23.5. The highest BCUT2D eigenvalue weighted by Crippen LogP contribution is 2.29. The maximum atomic E-state index is 12.3. The number of carbonyl (C=O) groups excluding carboxylic acids is 1. The Morgan fingerprint density at radius 2 is 1.86 bits per heavy atom. The van der Waals surface area contributed by atoms with E-state index in [2.05, 4.69) is 31.2 Å². The van der Waals surface area contributed by atoms with Crippen LogP contribution in [0.15, 0.2) is 18.2 Å². The summed E-state index contributed by atoms with van der Waals surface area (Å²) < 4.78 is 11.4. The molecule has 1 fully saturated rings. The molecule has 2 rings (SSSR count). The van der Waals surface area contributed by atoms with Crippen molar-refractivity contribution in [2.45, 2.75) is 70.8 Å². The van der Waals surface area contributed by atoms with Gasteiger partial charge in [-0.05, 0) is 95.6 Å². The molecule has 164 valence electrons. The van der Waals surface area contributed by atoms with Gasteiger partial charge < -0.3 is 19.7 Å². The van der Waals surface area contributed by atoms with E-state index in [1.54, 1.807) is 7.11 Å². The van der Waals surface area contributed by atoms with Gasteiger partial charge in [-0.1, -0.05) is 13.0 Å². The number of nitrogens with zero attached hydrogens (tertiary/aromatic N) is 1. The van der Waals surface area contributed by atoms with Crippen LogP contribution in [-0.2, 0) is 11.2 Å². The van der Waals surface area contributed by atoms with E-state index >= 15 is 0 Å². The molecule has 0 aliphatic heterocycles. The van der Waals surface area contributed by atoms with E-state index in [0.717, 1.165) is 61.6 Å². The highest BCUT2D eigenvalue weighted by Gasteiger charge is 2.19. The summed E-state index contributed by atoms with van der Waals surface area (Å²) in [7, 11) is 5.87. The van der Waals surface area contributed by atoms with Crippen molar-refractivity contribution < 1.29 is 14.3 Å². The summed E-state index contributed by atoms with van der Waals surface area (Å²) in [5, 5.41) is 3.20. The van der Waals surface area contributed by atoms with Crippen molar-refractivity contribution in [3.63, 3.8) is 0 Å². The van der Waals surface area contributed by atoms with Crippen LogP contribution in [0, 0.1) is 5.92 Å². The maximum Gasteiger partial charge on any atom is 0.220 e. The molecule has 0 radical (unpaired) electrons. The Bertz CT molecular complexity index is 610. The normalized spacial score (nSPS) is 19.2. The van der Waals surface area contributed by atoms with Gasteiger partial charge in [0.1, 0.15) is 0 Å². The molecular weight excluding hydrogens is 364 g/mol. The summed E-state index contributed by atoms with van der Waals surface area (Å²) in [5.74, 6) is 2.48. The lowest BCUT2D eigenvalue weighted by molar-refractivity contribution is -0.122. The van der Waals surface area contributed by atoms with Crippen LogP contribution in [0.5, 0.6) is 11.5 Å². The second-order valence-corrected chi connectivity index (χ2v) is 8.72. The zero-order valence-corrected chi connectivity index (χ0v) is 18.8. The number of nitrogens with one attached hydrogen (secondary N) is 1. The quantitative estimate of drug-likeness (QED) is 0.524.